The lowest BCUT2D eigenvalue weighted by Crippen LogP contribution is -2.41. The van der Waals surface area contributed by atoms with E-state index in [1.807, 2.05) is 42.0 Å². The van der Waals surface area contributed by atoms with E-state index >= 15 is 0 Å². The zero-order chi connectivity index (χ0) is 22.7. The summed E-state index contributed by atoms with van der Waals surface area (Å²) in [5, 5.41) is 9.97. The molecule has 0 bridgehead atoms. The van der Waals surface area contributed by atoms with E-state index < -0.39 is 6.04 Å². The largest absolute Gasteiger partial charge is 0.495 e. The van der Waals surface area contributed by atoms with Crippen LogP contribution in [-0.2, 0) is 4.79 Å². The van der Waals surface area contributed by atoms with E-state index in [2.05, 4.69) is 4.98 Å². The standard InChI is InChI=1S/C25H26FN3O3/c1-17-14-28(16-27-17)22-10-5-18(13-24(22)32-2)12-20-4-3-11-29(25(20)31)23(15-30)19-6-8-21(26)9-7-19/h5-10,12-14,16,23,30H,3-4,11,15H2,1-2H3. The summed E-state index contributed by atoms with van der Waals surface area (Å²) in [6, 6.07) is 11.2. The van der Waals surface area contributed by atoms with Gasteiger partial charge in [-0.1, -0.05) is 18.2 Å². The minimum absolute atomic E-state index is 0.118. The van der Waals surface area contributed by atoms with E-state index in [1.54, 1.807) is 30.5 Å². The predicted molar refractivity (Wildman–Crippen MR) is 120 cm³/mol. The minimum Gasteiger partial charge on any atom is -0.495 e. The summed E-state index contributed by atoms with van der Waals surface area (Å²) in [7, 11) is 1.61. The Kier molecular flexibility index (Phi) is 6.37. The molecule has 1 aliphatic rings. The maximum atomic E-state index is 13.3. The Morgan fingerprint density at radius 1 is 1.25 bits per heavy atom. The average molecular weight is 435 g/mol. The van der Waals surface area contributed by atoms with E-state index in [0.717, 1.165) is 23.4 Å². The molecule has 2 heterocycles. The second-order valence-electron chi connectivity index (χ2n) is 7.88. The SMILES string of the molecule is COc1cc(C=C2CCCN(C(CO)c3ccc(F)cc3)C2=O)ccc1-n1cnc(C)c1. The lowest BCUT2D eigenvalue weighted by atomic mass is 9.97. The molecule has 1 unspecified atom stereocenters. The second kappa shape index (κ2) is 9.36. The summed E-state index contributed by atoms with van der Waals surface area (Å²) in [5.74, 6) is 0.212. The third kappa shape index (κ3) is 4.43. The first-order valence-corrected chi connectivity index (χ1v) is 10.6. The number of nitrogens with zero attached hydrogens (tertiary/aromatic N) is 3. The van der Waals surface area contributed by atoms with Gasteiger partial charge in [0.1, 0.15) is 11.6 Å². The van der Waals surface area contributed by atoms with Gasteiger partial charge in [-0.15, -0.1) is 0 Å². The third-order valence-corrected chi connectivity index (χ3v) is 5.72. The first kappa shape index (κ1) is 21.8. The molecule has 0 saturated carbocycles. The normalized spacial score (nSPS) is 16.4. The first-order valence-electron chi connectivity index (χ1n) is 10.6. The number of aliphatic hydroxyl groups excluding tert-OH is 1. The van der Waals surface area contributed by atoms with Gasteiger partial charge < -0.3 is 19.3 Å². The highest BCUT2D eigenvalue weighted by Crippen LogP contribution is 2.30. The van der Waals surface area contributed by atoms with Crippen molar-refractivity contribution >= 4 is 12.0 Å². The van der Waals surface area contributed by atoms with Crippen LogP contribution in [0, 0.1) is 12.7 Å². The van der Waals surface area contributed by atoms with Gasteiger partial charge in [0.05, 0.1) is 37.5 Å². The number of aryl methyl sites for hydroxylation is 1. The predicted octanol–water partition coefficient (Wildman–Crippen LogP) is 4.07. The van der Waals surface area contributed by atoms with Crippen molar-refractivity contribution in [2.24, 2.45) is 0 Å². The molecule has 0 radical (unpaired) electrons. The van der Waals surface area contributed by atoms with E-state index in [-0.39, 0.29) is 18.3 Å². The number of benzene rings is 2. The maximum Gasteiger partial charge on any atom is 0.250 e. The molecule has 1 amide bonds. The fourth-order valence-corrected chi connectivity index (χ4v) is 4.08. The van der Waals surface area contributed by atoms with Gasteiger partial charge in [-0.05, 0) is 61.2 Å². The molecule has 1 aromatic heterocycles. The van der Waals surface area contributed by atoms with Crippen molar-refractivity contribution in [1.82, 2.24) is 14.5 Å². The topological polar surface area (TPSA) is 67.6 Å². The summed E-state index contributed by atoms with van der Waals surface area (Å²) < 4.78 is 20.8. The molecule has 1 saturated heterocycles. The number of rotatable bonds is 6. The number of carbonyl (C=O) groups is 1. The Hall–Kier alpha value is -3.45. The van der Waals surface area contributed by atoms with Gasteiger partial charge >= 0.3 is 0 Å². The number of methoxy groups -OCH3 is 1. The van der Waals surface area contributed by atoms with E-state index in [4.69, 9.17) is 4.74 Å². The highest BCUT2D eigenvalue weighted by Gasteiger charge is 2.30. The molecule has 2 aromatic carbocycles. The first-order chi connectivity index (χ1) is 15.5. The summed E-state index contributed by atoms with van der Waals surface area (Å²) in [6.45, 7) is 2.24. The lowest BCUT2D eigenvalue weighted by molar-refractivity contribution is -0.132. The van der Waals surface area contributed by atoms with Crippen molar-refractivity contribution in [3.8, 4) is 11.4 Å². The summed E-state index contributed by atoms with van der Waals surface area (Å²) >= 11 is 0. The number of hydrogen-bond donors (Lipinski definition) is 1. The molecular weight excluding hydrogens is 409 g/mol. The molecular formula is C25H26FN3O3. The van der Waals surface area contributed by atoms with Crippen LogP contribution in [0.4, 0.5) is 4.39 Å². The third-order valence-electron chi connectivity index (χ3n) is 5.72. The zero-order valence-electron chi connectivity index (χ0n) is 18.2. The van der Waals surface area contributed by atoms with E-state index in [9.17, 15) is 14.3 Å². The van der Waals surface area contributed by atoms with Crippen LogP contribution in [0.15, 0.2) is 60.6 Å². The Morgan fingerprint density at radius 2 is 2.03 bits per heavy atom. The van der Waals surface area contributed by atoms with Crippen LogP contribution in [-0.4, -0.2) is 45.7 Å². The Morgan fingerprint density at radius 3 is 2.69 bits per heavy atom. The fraction of sp³-hybridized carbons (Fsp3) is 0.280. The molecule has 32 heavy (non-hydrogen) atoms. The van der Waals surface area contributed by atoms with Gasteiger partial charge in [-0.25, -0.2) is 9.37 Å². The van der Waals surface area contributed by atoms with Crippen LogP contribution < -0.4 is 4.74 Å². The van der Waals surface area contributed by atoms with E-state index in [1.165, 1.54) is 12.1 Å². The van der Waals surface area contributed by atoms with Crippen LogP contribution in [0.5, 0.6) is 5.75 Å². The van der Waals surface area contributed by atoms with Gasteiger partial charge in [0.25, 0.3) is 0 Å². The van der Waals surface area contributed by atoms with Crippen LogP contribution in [0.2, 0.25) is 0 Å². The number of amides is 1. The number of aromatic nitrogens is 2. The van der Waals surface area contributed by atoms with Gasteiger partial charge in [0, 0.05) is 18.3 Å². The number of piperidine rings is 1. The monoisotopic (exact) mass is 435 g/mol. The van der Waals surface area contributed by atoms with Crippen molar-refractivity contribution in [2.45, 2.75) is 25.8 Å². The van der Waals surface area contributed by atoms with Gasteiger partial charge in [-0.3, -0.25) is 4.79 Å². The number of likely N-dealkylation sites (tertiary alicyclic amines) is 1. The second-order valence-corrected chi connectivity index (χ2v) is 7.88. The Labute approximate surface area is 186 Å². The highest BCUT2D eigenvalue weighted by atomic mass is 19.1. The molecule has 166 valence electrons. The highest BCUT2D eigenvalue weighted by molar-refractivity contribution is 5.98. The average Bonchev–Trinajstić information content (AvgIpc) is 3.23. The van der Waals surface area contributed by atoms with Gasteiger partial charge in [-0.2, -0.15) is 0 Å². The number of halogens is 1. The molecule has 6 nitrogen and oxygen atoms in total. The van der Waals surface area contributed by atoms with Crippen LogP contribution in [0.3, 0.4) is 0 Å². The zero-order valence-corrected chi connectivity index (χ0v) is 18.2. The smallest absolute Gasteiger partial charge is 0.250 e. The molecule has 3 aromatic rings. The molecule has 0 spiro atoms. The van der Waals surface area contributed by atoms with E-state index in [0.29, 0.717) is 29.9 Å². The summed E-state index contributed by atoms with van der Waals surface area (Å²) in [5.41, 5.74) is 4.01. The van der Waals surface area contributed by atoms with Crippen molar-refractivity contribution in [3.63, 3.8) is 0 Å². The summed E-state index contributed by atoms with van der Waals surface area (Å²) in [4.78, 5) is 19.2. The number of carbonyl (C=O) groups excluding carboxylic acids is 1. The van der Waals surface area contributed by atoms with Gasteiger partial charge in [0.2, 0.25) is 5.91 Å². The number of aliphatic hydroxyl groups is 1. The van der Waals surface area contributed by atoms with Gasteiger partial charge in [0.15, 0.2) is 0 Å². The van der Waals surface area contributed by atoms with Crippen molar-refractivity contribution < 1.29 is 19.0 Å². The number of ether oxygens (including phenoxy) is 1. The van der Waals surface area contributed by atoms with Crippen molar-refractivity contribution in [2.75, 3.05) is 20.3 Å². The Bertz CT molecular complexity index is 1140. The maximum absolute atomic E-state index is 13.3. The molecule has 7 heteroatoms. The molecule has 1 aliphatic heterocycles. The van der Waals surface area contributed by atoms with Crippen LogP contribution >= 0.6 is 0 Å². The van der Waals surface area contributed by atoms with Crippen molar-refractivity contribution in [3.05, 3.63) is 83.2 Å². The minimum atomic E-state index is -0.506. The molecule has 0 aliphatic carbocycles. The Balaban J connectivity index is 1.61. The molecule has 4 rings (SSSR count). The lowest BCUT2D eigenvalue weighted by Gasteiger charge is -2.35. The molecule has 1 fully saturated rings. The number of imidazole rings is 1. The number of hydrogen-bond acceptors (Lipinski definition) is 4. The molecule has 1 N–H and O–H groups in total. The van der Waals surface area contributed by atoms with Crippen molar-refractivity contribution in [1.29, 1.82) is 0 Å². The summed E-state index contributed by atoms with van der Waals surface area (Å²) in [6.07, 6.45) is 6.97. The van der Waals surface area contributed by atoms with Crippen LogP contribution in [0.25, 0.3) is 11.8 Å². The molecule has 1 atom stereocenters. The van der Waals surface area contributed by atoms with Crippen LogP contribution in [0.1, 0.15) is 35.7 Å². The fourth-order valence-electron chi connectivity index (χ4n) is 4.08. The quantitative estimate of drug-likeness (QED) is 0.593.